The molecule has 2 aromatic heterocycles. The quantitative estimate of drug-likeness (QED) is 0.324. The minimum absolute atomic E-state index is 0.0361. The highest BCUT2D eigenvalue weighted by Gasteiger charge is 2.18. The molecule has 3 aromatic carbocycles. The van der Waals surface area contributed by atoms with Gasteiger partial charge in [0.25, 0.3) is 5.91 Å². The van der Waals surface area contributed by atoms with E-state index < -0.39 is 15.9 Å². The molecule has 180 valence electrons. The number of anilines is 1. The third-order valence-electron chi connectivity index (χ3n) is 5.69. The zero-order chi connectivity index (χ0) is 25.4. The molecule has 0 saturated heterocycles. The molecule has 2 heterocycles. The topological polar surface area (TPSA) is 163 Å². The van der Waals surface area contributed by atoms with Crippen LogP contribution in [0.25, 0.3) is 27.4 Å². The standard InChI is InChI=1S/C25H20N6O4S/c26-23(32)14-22-20-8-2-15-1-3-17(29-25(33)16-9-11-28-12-10-16)13-21(15)24(20)31(30-22)18-4-6-19(7-5-18)36(27,34)35/h1-13H,14H2,(H2,26,32)(H,29,33)(H2,27,34,35). The number of nitrogens with zero attached hydrogens (tertiary/aromatic N) is 3. The van der Waals surface area contributed by atoms with E-state index in [4.69, 9.17) is 10.9 Å². The molecule has 0 unspecified atom stereocenters. The Bertz CT molecular complexity index is 1750. The number of fused-ring (bicyclic) bond motifs is 3. The summed E-state index contributed by atoms with van der Waals surface area (Å²) < 4.78 is 25.0. The van der Waals surface area contributed by atoms with Gasteiger partial charge in [0.2, 0.25) is 15.9 Å². The van der Waals surface area contributed by atoms with Gasteiger partial charge < -0.3 is 11.1 Å². The predicted molar refractivity (Wildman–Crippen MR) is 135 cm³/mol. The molecule has 0 atom stereocenters. The lowest BCUT2D eigenvalue weighted by Crippen LogP contribution is -2.14. The number of nitrogens with two attached hydrogens (primary N) is 2. The molecule has 0 saturated carbocycles. The van der Waals surface area contributed by atoms with Crippen molar-refractivity contribution in [1.29, 1.82) is 0 Å². The van der Waals surface area contributed by atoms with Crippen LogP contribution in [0.4, 0.5) is 5.69 Å². The third-order valence-corrected chi connectivity index (χ3v) is 6.62. The fraction of sp³-hybridized carbons (Fsp3) is 0.0400. The van der Waals surface area contributed by atoms with Crippen LogP contribution in [0, 0.1) is 0 Å². The van der Waals surface area contributed by atoms with Gasteiger partial charge in [0.1, 0.15) is 0 Å². The van der Waals surface area contributed by atoms with E-state index in [1.54, 1.807) is 47.4 Å². The molecule has 0 aliphatic heterocycles. The summed E-state index contributed by atoms with van der Waals surface area (Å²) in [6, 6.07) is 18.4. The second-order valence-electron chi connectivity index (χ2n) is 8.13. The number of carbonyl (C=O) groups excluding carboxylic acids is 2. The number of aromatic nitrogens is 3. The second kappa shape index (κ2) is 8.87. The molecule has 10 nitrogen and oxygen atoms in total. The molecule has 0 aliphatic carbocycles. The van der Waals surface area contributed by atoms with Crippen molar-refractivity contribution < 1.29 is 18.0 Å². The molecule has 0 fully saturated rings. The lowest BCUT2D eigenvalue weighted by atomic mass is 10.0. The summed E-state index contributed by atoms with van der Waals surface area (Å²) in [6.45, 7) is 0. The highest BCUT2D eigenvalue weighted by molar-refractivity contribution is 7.89. The van der Waals surface area contributed by atoms with Gasteiger partial charge in [0.15, 0.2) is 0 Å². The maximum Gasteiger partial charge on any atom is 0.255 e. The van der Waals surface area contributed by atoms with Crippen LogP contribution in [0.3, 0.4) is 0 Å². The Morgan fingerprint density at radius 3 is 2.28 bits per heavy atom. The van der Waals surface area contributed by atoms with E-state index in [9.17, 15) is 18.0 Å². The van der Waals surface area contributed by atoms with Crippen molar-refractivity contribution in [2.45, 2.75) is 11.3 Å². The number of hydrogen-bond acceptors (Lipinski definition) is 6. The van der Waals surface area contributed by atoms with Crippen molar-refractivity contribution in [2.24, 2.45) is 10.9 Å². The summed E-state index contributed by atoms with van der Waals surface area (Å²) in [5.74, 6) is -0.824. The van der Waals surface area contributed by atoms with Gasteiger partial charge >= 0.3 is 0 Å². The molecule has 0 aliphatic rings. The van der Waals surface area contributed by atoms with E-state index in [-0.39, 0.29) is 17.2 Å². The van der Waals surface area contributed by atoms with Crippen LogP contribution in [-0.2, 0) is 21.2 Å². The number of hydrogen-bond donors (Lipinski definition) is 3. The smallest absolute Gasteiger partial charge is 0.255 e. The van der Waals surface area contributed by atoms with Gasteiger partial charge in [-0.15, -0.1) is 0 Å². The molecule has 0 bridgehead atoms. The zero-order valence-corrected chi connectivity index (χ0v) is 19.6. The Kier molecular flexibility index (Phi) is 5.71. The van der Waals surface area contributed by atoms with E-state index in [2.05, 4.69) is 15.4 Å². The molecular formula is C25H20N6O4S. The van der Waals surface area contributed by atoms with Crippen molar-refractivity contribution in [3.05, 3.63) is 90.4 Å². The van der Waals surface area contributed by atoms with Crippen molar-refractivity contribution in [1.82, 2.24) is 14.8 Å². The molecule has 36 heavy (non-hydrogen) atoms. The monoisotopic (exact) mass is 500 g/mol. The van der Waals surface area contributed by atoms with Crippen LogP contribution in [0.1, 0.15) is 16.1 Å². The number of amides is 2. The van der Waals surface area contributed by atoms with Crippen LogP contribution in [0.2, 0.25) is 0 Å². The second-order valence-corrected chi connectivity index (χ2v) is 9.69. The Balaban J connectivity index is 1.68. The summed E-state index contributed by atoms with van der Waals surface area (Å²) in [6.07, 6.45) is 3.00. The average molecular weight is 501 g/mol. The molecule has 2 amide bonds. The Labute approximate surface area is 205 Å². The summed E-state index contributed by atoms with van der Waals surface area (Å²) in [7, 11) is -3.86. The molecule has 11 heteroatoms. The number of nitrogens with one attached hydrogen (secondary N) is 1. The SMILES string of the molecule is NC(=O)Cc1nn(-c2ccc(S(N)(=O)=O)cc2)c2c1ccc1ccc(NC(=O)c3ccncc3)cc12. The van der Waals surface area contributed by atoms with Gasteiger partial charge in [-0.05, 0) is 53.9 Å². The third kappa shape index (κ3) is 4.40. The summed E-state index contributed by atoms with van der Waals surface area (Å²) in [4.78, 5) is 28.3. The fourth-order valence-electron chi connectivity index (χ4n) is 4.03. The first kappa shape index (κ1) is 23.1. The van der Waals surface area contributed by atoms with E-state index >= 15 is 0 Å². The molecule has 5 N–H and O–H groups in total. The number of primary amides is 1. The van der Waals surface area contributed by atoms with Gasteiger partial charge in [-0.1, -0.05) is 18.2 Å². The van der Waals surface area contributed by atoms with Crippen LogP contribution in [0.15, 0.2) is 84.0 Å². The van der Waals surface area contributed by atoms with Gasteiger partial charge in [-0.2, -0.15) is 5.10 Å². The lowest BCUT2D eigenvalue weighted by Gasteiger charge is -2.10. The molecule has 0 radical (unpaired) electrons. The van der Waals surface area contributed by atoms with Crippen LogP contribution < -0.4 is 16.2 Å². The minimum atomic E-state index is -3.86. The fourth-order valence-corrected chi connectivity index (χ4v) is 4.55. The first-order valence-electron chi connectivity index (χ1n) is 10.8. The average Bonchev–Trinajstić information content (AvgIpc) is 3.22. The number of primary sulfonamides is 1. The summed E-state index contributed by atoms with van der Waals surface area (Å²) >= 11 is 0. The van der Waals surface area contributed by atoms with Crippen molar-refractivity contribution in [3.8, 4) is 5.69 Å². The van der Waals surface area contributed by atoms with E-state index in [1.165, 1.54) is 12.1 Å². The van der Waals surface area contributed by atoms with Crippen LogP contribution in [0.5, 0.6) is 0 Å². The molecule has 5 aromatic rings. The van der Waals surface area contributed by atoms with E-state index in [0.717, 1.165) is 10.8 Å². The van der Waals surface area contributed by atoms with Gasteiger partial charge in [-0.3, -0.25) is 14.6 Å². The Morgan fingerprint density at radius 1 is 0.917 bits per heavy atom. The van der Waals surface area contributed by atoms with Crippen LogP contribution in [-0.4, -0.2) is 35.0 Å². The van der Waals surface area contributed by atoms with Gasteiger partial charge in [-0.25, -0.2) is 18.2 Å². The highest BCUT2D eigenvalue weighted by Crippen LogP contribution is 2.32. The van der Waals surface area contributed by atoms with Crippen molar-refractivity contribution >= 4 is 49.2 Å². The maximum atomic E-state index is 12.7. The summed E-state index contributed by atoms with van der Waals surface area (Å²) in [5.41, 5.74) is 8.19. The minimum Gasteiger partial charge on any atom is -0.369 e. The first-order chi connectivity index (χ1) is 17.2. The number of rotatable bonds is 6. The van der Waals surface area contributed by atoms with Crippen molar-refractivity contribution in [3.63, 3.8) is 0 Å². The van der Waals surface area contributed by atoms with Crippen LogP contribution >= 0.6 is 0 Å². The van der Waals surface area contributed by atoms with Gasteiger partial charge in [0.05, 0.1) is 28.2 Å². The number of carbonyl (C=O) groups is 2. The van der Waals surface area contributed by atoms with E-state index in [1.807, 2.05) is 24.3 Å². The summed E-state index contributed by atoms with van der Waals surface area (Å²) in [5, 5.41) is 15.1. The number of sulfonamides is 1. The Hall–Kier alpha value is -4.61. The van der Waals surface area contributed by atoms with E-state index in [0.29, 0.717) is 33.5 Å². The Morgan fingerprint density at radius 2 is 1.61 bits per heavy atom. The normalized spacial score (nSPS) is 11.6. The predicted octanol–water partition coefficient (Wildman–Crippen LogP) is 2.50. The first-order valence-corrected chi connectivity index (χ1v) is 12.3. The zero-order valence-electron chi connectivity index (χ0n) is 18.8. The number of pyridine rings is 1. The molecule has 5 rings (SSSR count). The largest absolute Gasteiger partial charge is 0.369 e. The molecule has 0 spiro atoms. The lowest BCUT2D eigenvalue weighted by molar-refractivity contribution is -0.117. The molecular weight excluding hydrogens is 480 g/mol. The van der Waals surface area contributed by atoms with Crippen molar-refractivity contribution in [2.75, 3.05) is 5.32 Å². The van der Waals surface area contributed by atoms with Gasteiger partial charge in [0, 0.05) is 34.4 Å². The maximum absolute atomic E-state index is 12.7. The highest BCUT2D eigenvalue weighted by atomic mass is 32.2. The number of benzene rings is 3.